The zero-order chi connectivity index (χ0) is 18.2. The first-order valence-electron chi connectivity index (χ1n) is 7.98. The van der Waals surface area contributed by atoms with Gasteiger partial charge in [0, 0.05) is 44.8 Å². The van der Waals surface area contributed by atoms with Gasteiger partial charge in [-0.05, 0) is 18.6 Å². The van der Waals surface area contributed by atoms with E-state index in [9.17, 15) is 13.6 Å². The lowest BCUT2D eigenvalue weighted by atomic mass is 9.91. The number of pyridine rings is 1. The van der Waals surface area contributed by atoms with Crippen LogP contribution in [-0.4, -0.2) is 60.0 Å². The Morgan fingerprint density at radius 2 is 2.16 bits per heavy atom. The summed E-state index contributed by atoms with van der Waals surface area (Å²) in [6, 6.07) is 1.73. The highest BCUT2D eigenvalue weighted by atomic mass is 35.5. The molecule has 3 heterocycles. The molecular formula is C16H20ClF2N5O. The number of hydrogen-bond donors (Lipinski definition) is 0. The molecule has 1 atom stereocenters. The molecular weight excluding hydrogens is 352 g/mol. The van der Waals surface area contributed by atoms with Gasteiger partial charge < -0.3 is 9.80 Å². The highest BCUT2D eigenvalue weighted by molar-refractivity contribution is 6.14. The number of rotatable bonds is 3. The van der Waals surface area contributed by atoms with Gasteiger partial charge in [-0.3, -0.25) is 14.8 Å². The third-order valence-corrected chi connectivity index (χ3v) is 4.74. The highest BCUT2D eigenvalue weighted by Crippen LogP contribution is 2.39. The standard InChI is InChI=1S/C16H20ClF2N5O/c1-21(2)15(25)12-5-9-22(11-16(12,18)19)14-10-20-6-4-13(14)23-7-3-8-24(23)17/h3-4,6-7,10,12H,5,8-9,11H2,1-2H3. The SMILES string of the molecule is CN(C)C(=O)C1CCN(c2cnccc2N2C=CCN2Cl)CC1(F)F. The van der Waals surface area contributed by atoms with E-state index in [4.69, 9.17) is 11.8 Å². The van der Waals surface area contributed by atoms with Crippen LogP contribution in [0.15, 0.2) is 30.7 Å². The summed E-state index contributed by atoms with van der Waals surface area (Å²) in [5, 5.41) is 1.69. The van der Waals surface area contributed by atoms with Crippen molar-refractivity contribution in [3.05, 3.63) is 30.7 Å². The maximum Gasteiger partial charge on any atom is 0.276 e. The monoisotopic (exact) mass is 371 g/mol. The van der Waals surface area contributed by atoms with Gasteiger partial charge in [-0.25, -0.2) is 8.78 Å². The Morgan fingerprint density at radius 1 is 1.40 bits per heavy atom. The van der Waals surface area contributed by atoms with E-state index < -0.39 is 24.3 Å². The van der Waals surface area contributed by atoms with Crippen molar-refractivity contribution in [3.63, 3.8) is 0 Å². The Labute approximate surface area is 150 Å². The van der Waals surface area contributed by atoms with E-state index >= 15 is 0 Å². The lowest BCUT2D eigenvalue weighted by Crippen LogP contribution is -2.53. The zero-order valence-corrected chi connectivity index (χ0v) is 14.8. The molecule has 1 aromatic heterocycles. The summed E-state index contributed by atoms with van der Waals surface area (Å²) in [5.41, 5.74) is 1.24. The van der Waals surface area contributed by atoms with Crippen molar-refractivity contribution in [1.82, 2.24) is 14.4 Å². The average molecular weight is 372 g/mol. The Hall–Kier alpha value is -1.93. The second-order valence-corrected chi connectivity index (χ2v) is 6.76. The number of anilines is 2. The second-order valence-electron chi connectivity index (χ2n) is 6.37. The van der Waals surface area contributed by atoms with E-state index in [1.807, 2.05) is 6.08 Å². The second kappa shape index (κ2) is 6.76. The van der Waals surface area contributed by atoms with Crippen molar-refractivity contribution in [1.29, 1.82) is 0 Å². The fourth-order valence-corrected chi connectivity index (χ4v) is 3.38. The van der Waals surface area contributed by atoms with Gasteiger partial charge in [-0.2, -0.15) is 0 Å². The van der Waals surface area contributed by atoms with Crippen molar-refractivity contribution >= 4 is 29.1 Å². The van der Waals surface area contributed by atoms with E-state index in [2.05, 4.69) is 4.98 Å². The van der Waals surface area contributed by atoms with Crippen LogP contribution in [0.3, 0.4) is 0 Å². The summed E-state index contributed by atoms with van der Waals surface area (Å²) in [6.07, 6.45) is 6.88. The molecule has 6 nitrogen and oxygen atoms in total. The number of piperidine rings is 1. The van der Waals surface area contributed by atoms with Gasteiger partial charge in [0.2, 0.25) is 5.91 Å². The summed E-state index contributed by atoms with van der Waals surface area (Å²) in [5.74, 6) is -4.95. The van der Waals surface area contributed by atoms with Crippen LogP contribution < -0.4 is 9.91 Å². The summed E-state index contributed by atoms with van der Waals surface area (Å²) in [7, 11) is 3.00. The van der Waals surface area contributed by atoms with Crippen LogP contribution in [0.4, 0.5) is 20.2 Å². The summed E-state index contributed by atoms with van der Waals surface area (Å²) in [6.45, 7) is 0.340. The molecule has 1 fully saturated rings. The largest absolute Gasteiger partial charge is 0.362 e. The Kier molecular flexibility index (Phi) is 4.83. The minimum Gasteiger partial charge on any atom is -0.362 e. The van der Waals surface area contributed by atoms with Crippen LogP contribution >= 0.6 is 11.8 Å². The van der Waals surface area contributed by atoms with Gasteiger partial charge in [0.25, 0.3) is 5.92 Å². The van der Waals surface area contributed by atoms with Gasteiger partial charge in [-0.15, -0.1) is 4.53 Å². The van der Waals surface area contributed by atoms with Gasteiger partial charge in [0.1, 0.15) is 5.92 Å². The predicted molar refractivity (Wildman–Crippen MR) is 92.4 cm³/mol. The van der Waals surface area contributed by atoms with Crippen LogP contribution in [0.5, 0.6) is 0 Å². The van der Waals surface area contributed by atoms with Gasteiger partial charge in [0.15, 0.2) is 0 Å². The number of carbonyl (C=O) groups excluding carboxylic acids is 1. The third kappa shape index (κ3) is 3.41. The lowest BCUT2D eigenvalue weighted by molar-refractivity contribution is -0.149. The summed E-state index contributed by atoms with van der Waals surface area (Å²) >= 11 is 6.14. The maximum absolute atomic E-state index is 14.6. The molecule has 2 aliphatic rings. The molecule has 0 saturated carbocycles. The molecule has 1 amide bonds. The number of halogens is 3. The number of hydrazine groups is 1. The molecule has 0 spiro atoms. The van der Waals surface area contributed by atoms with Gasteiger partial charge >= 0.3 is 0 Å². The molecule has 0 aliphatic carbocycles. The molecule has 0 aromatic carbocycles. The first-order chi connectivity index (χ1) is 11.8. The number of alkyl halides is 2. The third-order valence-electron chi connectivity index (χ3n) is 4.44. The van der Waals surface area contributed by atoms with Gasteiger partial charge in [0.05, 0.1) is 30.7 Å². The van der Waals surface area contributed by atoms with Crippen molar-refractivity contribution in [2.45, 2.75) is 12.3 Å². The van der Waals surface area contributed by atoms with Crippen molar-refractivity contribution < 1.29 is 13.6 Å². The predicted octanol–water partition coefficient (Wildman–Crippen LogP) is 2.34. The molecule has 1 saturated heterocycles. The number of aromatic nitrogens is 1. The van der Waals surface area contributed by atoms with Crippen molar-refractivity contribution in [3.8, 4) is 0 Å². The molecule has 0 N–H and O–H groups in total. The number of nitrogens with zero attached hydrogens (tertiary/aromatic N) is 5. The van der Waals surface area contributed by atoms with Crippen LogP contribution in [0.1, 0.15) is 6.42 Å². The first kappa shape index (κ1) is 17.9. The Balaban J connectivity index is 1.85. The topological polar surface area (TPSA) is 42.9 Å². The smallest absolute Gasteiger partial charge is 0.276 e. The molecule has 3 rings (SSSR count). The fraction of sp³-hybridized carbons (Fsp3) is 0.500. The van der Waals surface area contributed by atoms with E-state index in [0.29, 0.717) is 24.5 Å². The van der Waals surface area contributed by atoms with Gasteiger partial charge in [-0.1, -0.05) is 0 Å². The minimum absolute atomic E-state index is 0.0821. The maximum atomic E-state index is 14.6. The quantitative estimate of drug-likeness (QED) is 0.763. The van der Waals surface area contributed by atoms with E-state index in [1.54, 1.807) is 34.6 Å². The van der Waals surface area contributed by atoms with Crippen molar-refractivity contribution in [2.24, 2.45) is 5.92 Å². The minimum atomic E-state index is -3.12. The zero-order valence-electron chi connectivity index (χ0n) is 14.1. The first-order valence-corrected chi connectivity index (χ1v) is 8.32. The van der Waals surface area contributed by atoms with Crippen LogP contribution in [0.2, 0.25) is 0 Å². The Morgan fingerprint density at radius 3 is 2.76 bits per heavy atom. The molecule has 25 heavy (non-hydrogen) atoms. The van der Waals surface area contributed by atoms with E-state index in [0.717, 1.165) is 0 Å². The highest BCUT2D eigenvalue weighted by Gasteiger charge is 2.49. The number of carbonyl (C=O) groups is 1. The number of hydrogen-bond acceptors (Lipinski definition) is 5. The number of amides is 1. The lowest BCUT2D eigenvalue weighted by Gasteiger charge is -2.40. The average Bonchev–Trinajstić information content (AvgIpc) is 2.99. The molecule has 1 unspecified atom stereocenters. The van der Waals surface area contributed by atoms with Crippen LogP contribution in [0, 0.1) is 5.92 Å². The van der Waals surface area contributed by atoms with Crippen LogP contribution in [0.25, 0.3) is 0 Å². The van der Waals surface area contributed by atoms with E-state index in [1.165, 1.54) is 23.5 Å². The molecule has 136 valence electrons. The summed E-state index contributed by atoms with van der Waals surface area (Å²) in [4.78, 5) is 18.9. The van der Waals surface area contributed by atoms with E-state index in [-0.39, 0.29) is 6.42 Å². The fourth-order valence-electron chi connectivity index (χ4n) is 3.17. The summed E-state index contributed by atoms with van der Waals surface area (Å²) < 4.78 is 30.7. The molecule has 9 heteroatoms. The molecule has 2 aliphatic heterocycles. The molecule has 0 bridgehead atoms. The Bertz CT molecular complexity index is 684. The van der Waals surface area contributed by atoms with Crippen molar-refractivity contribution in [2.75, 3.05) is 43.6 Å². The molecule has 1 aromatic rings. The molecule has 0 radical (unpaired) electrons. The van der Waals surface area contributed by atoms with Crippen LogP contribution in [-0.2, 0) is 4.79 Å². The normalized spacial score (nSPS) is 23.2.